The number of hydrogen-bond acceptors (Lipinski definition) is 5. The summed E-state index contributed by atoms with van der Waals surface area (Å²) in [6, 6.07) is 21.2. The maximum atomic E-state index is 12.7. The summed E-state index contributed by atoms with van der Waals surface area (Å²) in [5.74, 6) is 1.32. The molecule has 0 spiro atoms. The van der Waals surface area contributed by atoms with E-state index < -0.39 is 6.67 Å². The number of nitrogens with zero attached hydrogens (tertiary/aromatic N) is 4. The molecule has 2 aromatic carbocycles. The lowest BCUT2D eigenvalue weighted by atomic mass is 10.0. The highest BCUT2D eigenvalue weighted by molar-refractivity contribution is 5.85. The van der Waals surface area contributed by atoms with Crippen molar-refractivity contribution in [1.82, 2.24) is 19.7 Å². The van der Waals surface area contributed by atoms with E-state index >= 15 is 0 Å². The minimum atomic E-state index is -0.548. The third kappa shape index (κ3) is 4.59. The molecule has 7 heteroatoms. The zero-order chi connectivity index (χ0) is 23.3. The van der Waals surface area contributed by atoms with Crippen molar-refractivity contribution in [1.29, 1.82) is 0 Å². The largest absolute Gasteiger partial charge is 0.490 e. The Balaban J connectivity index is 1.35. The van der Waals surface area contributed by atoms with Gasteiger partial charge >= 0.3 is 0 Å². The topological polar surface area (TPSA) is 62.1 Å². The number of rotatable bonds is 8. The van der Waals surface area contributed by atoms with Crippen molar-refractivity contribution in [3.63, 3.8) is 0 Å². The summed E-state index contributed by atoms with van der Waals surface area (Å²) < 4.78 is 26.0. The second kappa shape index (κ2) is 9.70. The summed E-state index contributed by atoms with van der Waals surface area (Å²) in [7, 11) is 1.91. The van der Waals surface area contributed by atoms with Gasteiger partial charge in [0.1, 0.15) is 37.1 Å². The summed E-state index contributed by atoms with van der Waals surface area (Å²) in [4.78, 5) is 8.76. The Labute approximate surface area is 196 Å². The first-order valence-electron chi connectivity index (χ1n) is 11.0. The van der Waals surface area contributed by atoms with Crippen LogP contribution < -0.4 is 9.47 Å². The molecule has 3 heterocycles. The number of halogens is 1. The van der Waals surface area contributed by atoms with Crippen molar-refractivity contribution < 1.29 is 13.9 Å². The molecule has 0 N–H and O–H groups in total. The lowest BCUT2D eigenvalue weighted by Gasteiger charge is -2.11. The van der Waals surface area contributed by atoms with E-state index in [1.54, 1.807) is 18.5 Å². The number of aryl methyl sites for hydroxylation is 1. The molecule has 0 saturated heterocycles. The summed E-state index contributed by atoms with van der Waals surface area (Å²) in [6.07, 6.45) is 5.55. The Morgan fingerprint density at radius 1 is 0.912 bits per heavy atom. The third-order valence-corrected chi connectivity index (χ3v) is 5.40. The number of pyridine rings is 2. The molecule has 170 valence electrons. The molecule has 0 aliphatic carbocycles. The Hall–Kier alpha value is -4.26. The fraction of sp³-hybridized carbons (Fsp3) is 0.148. The standard InChI is InChI=1S/C27H23FN4O2/c1-32-17-24(19-10-13-29-14-11-19)27(31-32)20-6-8-22(9-7-20)34-18-21-16-26(33-15-12-28)23-4-2-3-5-25(23)30-21/h2-11,13-14,16-17H,12,15,18H2,1H3/i28-1. The van der Waals surface area contributed by atoms with E-state index in [4.69, 9.17) is 9.47 Å². The Morgan fingerprint density at radius 3 is 2.50 bits per heavy atom. The minimum Gasteiger partial charge on any atom is -0.490 e. The van der Waals surface area contributed by atoms with Gasteiger partial charge in [0.2, 0.25) is 0 Å². The number of benzene rings is 2. The van der Waals surface area contributed by atoms with Gasteiger partial charge in [-0.3, -0.25) is 9.67 Å². The molecule has 5 rings (SSSR count). The Morgan fingerprint density at radius 2 is 1.71 bits per heavy atom. The van der Waals surface area contributed by atoms with Gasteiger partial charge in [-0.1, -0.05) is 12.1 Å². The molecule has 3 aromatic heterocycles. The van der Waals surface area contributed by atoms with Crippen LogP contribution >= 0.6 is 0 Å². The summed E-state index contributed by atoms with van der Waals surface area (Å²) in [5, 5.41) is 5.50. The van der Waals surface area contributed by atoms with Crippen LogP contribution in [0.3, 0.4) is 0 Å². The highest BCUT2D eigenvalue weighted by Gasteiger charge is 2.13. The molecule has 0 unspecified atom stereocenters. The van der Waals surface area contributed by atoms with Crippen molar-refractivity contribution in [2.75, 3.05) is 13.3 Å². The molecule has 0 aliphatic heterocycles. The van der Waals surface area contributed by atoms with Gasteiger partial charge in [0.15, 0.2) is 0 Å². The van der Waals surface area contributed by atoms with Crippen LogP contribution in [0.2, 0.25) is 0 Å². The van der Waals surface area contributed by atoms with Gasteiger partial charge in [-0.15, -0.1) is 0 Å². The first-order valence-corrected chi connectivity index (χ1v) is 11.0. The Bertz CT molecular complexity index is 1400. The van der Waals surface area contributed by atoms with Crippen molar-refractivity contribution in [2.45, 2.75) is 6.61 Å². The van der Waals surface area contributed by atoms with E-state index in [9.17, 15) is 4.39 Å². The molecule has 0 fully saturated rings. The highest BCUT2D eigenvalue weighted by Crippen LogP contribution is 2.32. The second-order valence-electron chi connectivity index (χ2n) is 7.78. The number of aromatic nitrogens is 4. The quantitative estimate of drug-likeness (QED) is 0.305. The average Bonchev–Trinajstić information content (AvgIpc) is 3.28. The summed E-state index contributed by atoms with van der Waals surface area (Å²) in [5.41, 5.74) is 5.48. The van der Waals surface area contributed by atoms with E-state index in [0.717, 1.165) is 33.3 Å². The van der Waals surface area contributed by atoms with Crippen molar-refractivity contribution in [3.05, 3.63) is 91.0 Å². The van der Waals surface area contributed by atoms with Gasteiger partial charge in [-0.25, -0.2) is 9.37 Å². The molecule has 0 saturated carbocycles. The van der Waals surface area contributed by atoms with E-state index in [-0.39, 0.29) is 13.2 Å². The molecule has 34 heavy (non-hydrogen) atoms. The highest BCUT2D eigenvalue weighted by atomic mass is 18.2. The summed E-state index contributed by atoms with van der Waals surface area (Å²) in [6.45, 7) is -0.277. The van der Waals surface area contributed by atoms with E-state index in [0.29, 0.717) is 17.2 Å². The van der Waals surface area contributed by atoms with Gasteiger partial charge < -0.3 is 9.47 Å². The molecular formula is C27H23FN4O2. The number of hydrogen-bond donors (Lipinski definition) is 0. The van der Waals surface area contributed by atoms with Crippen LogP contribution in [0.4, 0.5) is 4.39 Å². The SMILES string of the molecule is Cn1cc(-c2ccncc2)c(-c2ccc(OCc3cc(OCC[18F])c4ccccc4n3)cc2)n1. The zero-order valence-electron chi connectivity index (χ0n) is 18.7. The van der Waals surface area contributed by atoms with Gasteiger partial charge in [-0.05, 0) is 54.1 Å². The van der Waals surface area contributed by atoms with Crippen LogP contribution in [-0.4, -0.2) is 33.0 Å². The molecule has 0 aliphatic rings. The third-order valence-electron chi connectivity index (χ3n) is 5.40. The predicted octanol–water partition coefficient (Wildman–Crippen LogP) is 5.62. The van der Waals surface area contributed by atoms with Crippen LogP contribution in [0.5, 0.6) is 11.5 Å². The van der Waals surface area contributed by atoms with Crippen LogP contribution in [-0.2, 0) is 13.7 Å². The van der Waals surface area contributed by atoms with Gasteiger partial charge in [-0.2, -0.15) is 5.10 Å². The predicted molar refractivity (Wildman–Crippen MR) is 129 cm³/mol. The number of alkyl halides is 1. The number of ether oxygens (including phenoxy) is 2. The van der Waals surface area contributed by atoms with Crippen LogP contribution in [0.15, 0.2) is 85.3 Å². The summed E-state index contributed by atoms with van der Waals surface area (Å²) >= 11 is 0. The van der Waals surface area contributed by atoms with Crippen molar-refractivity contribution >= 4 is 10.9 Å². The normalized spacial score (nSPS) is 11.0. The molecule has 6 nitrogen and oxygen atoms in total. The van der Waals surface area contributed by atoms with Gasteiger partial charge in [0.05, 0.1) is 11.2 Å². The molecule has 0 bridgehead atoms. The molecule has 5 aromatic rings. The number of para-hydroxylation sites is 1. The zero-order valence-corrected chi connectivity index (χ0v) is 18.7. The van der Waals surface area contributed by atoms with Gasteiger partial charge in [0, 0.05) is 48.2 Å². The molecule has 0 amide bonds. The average molecular weight is 454 g/mol. The van der Waals surface area contributed by atoms with Crippen LogP contribution in [0, 0.1) is 0 Å². The van der Waals surface area contributed by atoms with Gasteiger partial charge in [0.25, 0.3) is 0 Å². The lowest BCUT2D eigenvalue weighted by molar-refractivity contribution is 0.273. The van der Waals surface area contributed by atoms with Crippen LogP contribution in [0.1, 0.15) is 5.69 Å². The molecule has 0 atom stereocenters. The monoisotopic (exact) mass is 453 g/mol. The fourth-order valence-corrected chi connectivity index (χ4v) is 3.85. The van der Waals surface area contributed by atoms with E-state index in [1.807, 2.05) is 78.6 Å². The first kappa shape index (κ1) is 21.6. The second-order valence-corrected chi connectivity index (χ2v) is 7.78. The van der Waals surface area contributed by atoms with Crippen LogP contribution in [0.25, 0.3) is 33.3 Å². The van der Waals surface area contributed by atoms with Crippen molar-refractivity contribution in [2.24, 2.45) is 7.05 Å². The Kier molecular flexibility index (Phi) is 6.16. The minimum absolute atomic E-state index is 0.00473. The van der Waals surface area contributed by atoms with E-state index in [2.05, 4.69) is 15.1 Å². The maximum absolute atomic E-state index is 12.7. The molecular weight excluding hydrogens is 430 g/mol. The fourth-order valence-electron chi connectivity index (χ4n) is 3.85. The number of fused-ring (bicyclic) bond motifs is 1. The smallest absolute Gasteiger partial charge is 0.130 e. The maximum Gasteiger partial charge on any atom is 0.130 e. The lowest BCUT2D eigenvalue weighted by Crippen LogP contribution is -2.03. The first-order chi connectivity index (χ1) is 16.7. The van der Waals surface area contributed by atoms with Crippen molar-refractivity contribution in [3.8, 4) is 33.9 Å². The molecule has 0 radical (unpaired) electrons. The van der Waals surface area contributed by atoms with E-state index in [1.165, 1.54) is 0 Å².